The van der Waals surface area contributed by atoms with Gasteiger partial charge in [-0.2, -0.15) is 4.52 Å². The number of hydrogen-bond donors (Lipinski definition) is 1. The number of nitrogens with one attached hydrogen (secondary N) is 1. The summed E-state index contributed by atoms with van der Waals surface area (Å²) in [6, 6.07) is 4.31. The van der Waals surface area contributed by atoms with Crippen molar-refractivity contribution in [1.82, 2.24) is 25.1 Å². The summed E-state index contributed by atoms with van der Waals surface area (Å²) in [5.41, 5.74) is 0.751. The van der Waals surface area contributed by atoms with Crippen LogP contribution in [-0.4, -0.2) is 44.8 Å². The molecule has 2 fully saturated rings. The van der Waals surface area contributed by atoms with Crippen LogP contribution in [0.2, 0.25) is 0 Å². The van der Waals surface area contributed by atoms with Gasteiger partial charge in [0, 0.05) is 25.0 Å². The molecule has 25 heavy (non-hydrogen) atoms. The van der Waals surface area contributed by atoms with Gasteiger partial charge in [0.25, 0.3) is 0 Å². The van der Waals surface area contributed by atoms with E-state index in [4.69, 9.17) is 0 Å². The van der Waals surface area contributed by atoms with E-state index in [2.05, 4.69) is 25.5 Å². The Morgan fingerprint density at radius 2 is 1.80 bits per heavy atom. The molecule has 0 spiro atoms. The van der Waals surface area contributed by atoms with Crippen molar-refractivity contribution in [2.75, 3.05) is 18.0 Å². The Bertz CT molecular complexity index is 713. The van der Waals surface area contributed by atoms with E-state index in [-0.39, 0.29) is 11.8 Å². The van der Waals surface area contributed by atoms with Gasteiger partial charge >= 0.3 is 0 Å². The molecule has 7 nitrogen and oxygen atoms in total. The predicted molar refractivity (Wildman–Crippen MR) is 95.4 cm³/mol. The first-order valence-electron chi connectivity index (χ1n) is 9.52. The summed E-state index contributed by atoms with van der Waals surface area (Å²) in [5, 5.41) is 15.7. The second-order valence-corrected chi connectivity index (χ2v) is 7.28. The van der Waals surface area contributed by atoms with E-state index in [0.717, 1.165) is 50.2 Å². The SMILES string of the molecule is O=C(NC1CCCCCC1)C1CCN(c2ccc3nncn3n2)CC1. The van der Waals surface area contributed by atoms with E-state index < -0.39 is 0 Å². The summed E-state index contributed by atoms with van der Waals surface area (Å²) >= 11 is 0. The van der Waals surface area contributed by atoms with E-state index in [1.807, 2.05) is 12.1 Å². The van der Waals surface area contributed by atoms with Gasteiger partial charge in [-0.3, -0.25) is 4.79 Å². The molecule has 1 amide bonds. The number of carbonyl (C=O) groups is 1. The Balaban J connectivity index is 1.32. The molecule has 1 saturated carbocycles. The maximum absolute atomic E-state index is 12.6. The van der Waals surface area contributed by atoms with Gasteiger partial charge in [-0.1, -0.05) is 25.7 Å². The zero-order valence-corrected chi connectivity index (χ0v) is 14.6. The van der Waals surface area contributed by atoms with Crippen molar-refractivity contribution in [2.45, 2.75) is 57.4 Å². The molecule has 0 aromatic carbocycles. The number of amides is 1. The summed E-state index contributed by atoms with van der Waals surface area (Å²) in [7, 11) is 0. The van der Waals surface area contributed by atoms with E-state index >= 15 is 0 Å². The van der Waals surface area contributed by atoms with Crippen LogP contribution in [0.25, 0.3) is 5.65 Å². The van der Waals surface area contributed by atoms with Crippen LogP contribution in [0.1, 0.15) is 51.4 Å². The van der Waals surface area contributed by atoms with Crippen LogP contribution >= 0.6 is 0 Å². The lowest BCUT2D eigenvalue weighted by atomic mass is 9.95. The van der Waals surface area contributed by atoms with Gasteiger partial charge in [-0.25, -0.2) is 0 Å². The lowest BCUT2D eigenvalue weighted by molar-refractivity contribution is -0.126. The molecule has 2 aromatic rings. The van der Waals surface area contributed by atoms with Crippen molar-refractivity contribution in [3.8, 4) is 0 Å². The van der Waals surface area contributed by atoms with Gasteiger partial charge in [0.2, 0.25) is 5.91 Å². The van der Waals surface area contributed by atoms with Crippen molar-refractivity contribution in [1.29, 1.82) is 0 Å². The van der Waals surface area contributed by atoms with Crippen LogP contribution < -0.4 is 10.2 Å². The van der Waals surface area contributed by atoms with Crippen LogP contribution in [0.4, 0.5) is 5.82 Å². The predicted octanol–water partition coefficient (Wildman–Crippen LogP) is 2.18. The summed E-state index contributed by atoms with van der Waals surface area (Å²) < 4.78 is 1.69. The monoisotopic (exact) mass is 342 g/mol. The highest BCUT2D eigenvalue weighted by Gasteiger charge is 2.27. The maximum Gasteiger partial charge on any atom is 0.223 e. The number of carbonyl (C=O) groups excluding carboxylic acids is 1. The second kappa shape index (κ2) is 7.37. The van der Waals surface area contributed by atoms with Gasteiger partial charge < -0.3 is 10.2 Å². The summed E-state index contributed by atoms with van der Waals surface area (Å²) in [6.07, 6.45) is 10.8. The number of hydrogen-bond acceptors (Lipinski definition) is 5. The summed E-state index contributed by atoms with van der Waals surface area (Å²) in [6.45, 7) is 1.73. The molecule has 2 aromatic heterocycles. The smallest absolute Gasteiger partial charge is 0.223 e. The fourth-order valence-corrected chi connectivity index (χ4v) is 4.00. The standard InChI is InChI=1S/C18H26N6O/c25-18(20-15-5-3-1-2-4-6-15)14-9-11-23(12-10-14)17-8-7-16-21-19-13-24(16)22-17/h7-8,13-15H,1-6,9-12H2,(H,20,25). The maximum atomic E-state index is 12.6. The first-order valence-corrected chi connectivity index (χ1v) is 9.52. The van der Waals surface area contributed by atoms with E-state index in [9.17, 15) is 4.79 Å². The number of piperidine rings is 1. The molecular formula is C18H26N6O. The zero-order valence-electron chi connectivity index (χ0n) is 14.6. The second-order valence-electron chi connectivity index (χ2n) is 7.28. The molecule has 0 unspecified atom stereocenters. The van der Waals surface area contributed by atoms with Crippen LogP contribution in [0.5, 0.6) is 0 Å². The van der Waals surface area contributed by atoms with Crippen molar-refractivity contribution >= 4 is 17.4 Å². The Kier molecular flexibility index (Phi) is 4.81. The minimum absolute atomic E-state index is 0.137. The molecule has 7 heteroatoms. The van der Waals surface area contributed by atoms with Gasteiger partial charge in [-0.05, 0) is 37.8 Å². The molecule has 4 rings (SSSR count). The number of anilines is 1. The molecule has 1 aliphatic carbocycles. The highest BCUT2D eigenvalue weighted by atomic mass is 16.1. The highest BCUT2D eigenvalue weighted by Crippen LogP contribution is 2.23. The van der Waals surface area contributed by atoms with Crippen LogP contribution in [0, 0.1) is 5.92 Å². The molecular weight excluding hydrogens is 316 g/mol. The number of aromatic nitrogens is 4. The third-order valence-electron chi connectivity index (χ3n) is 5.54. The van der Waals surface area contributed by atoms with Crippen molar-refractivity contribution in [3.63, 3.8) is 0 Å². The third-order valence-corrected chi connectivity index (χ3v) is 5.54. The van der Waals surface area contributed by atoms with Crippen molar-refractivity contribution in [2.24, 2.45) is 5.92 Å². The quantitative estimate of drug-likeness (QED) is 0.865. The Labute approximate surface area is 147 Å². The Hall–Kier alpha value is -2.18. The summed E-state index contributed by atoms with van der Waals surface area (Å²) in [5.74, 6) is 1.32. The van der Waals surface area contributed by atoms with Crippen LogP contribution in [-0.2, 0) is 4.79 Å². The Morgan fingerprint density at radius 3 is 2.56 bits per heavy atom. The molecule has 2 aliphatic rings. The number of rotatable bonds is 3. The largest absolute Gasteiger partial charge is 0.355 e. The van der Waals surface area contributed by atoms with Gasteiger partial charge in [0.15, 0.2) is 5.65 Å². The van der Waals surface area contributed by atoms with Crippen LogP contribution in [0.3, 0.4) is 0 Å². The molecule has 1 aliphatic heterocycles. The molecule has 1 N–H and O–H groups in total. The molecule has 0 radical (unpaired) electrons. The lowest BCUT2D eigenvalue weighted by Gasteiger charge is -2.32. The van der Waals surface area contributed by atoms with Gasteiger partial charge in [0.05, 0.1) is 0 Å². The summed E-state index contributed by atoms with van der Waals surface area (Å²) in [4.78, 5) is 14.8. The van der Waals surface area contributed by atoms with Crippen molar-refractivity contribution < 1.29 is 4.79 Å². The molecule has 0 bridgehead atoms. The van der Waals surface area contributed by atoms with Crippen LogP contribution in [0.15, 0.2) is 18.5 Å². The van der Waals surface area contributed by atoms with Crippen molar-refractivity contribution in [3.05, 3.63) is 18.5 Å². The van der Waals surface area contributed by atoms with Gasteiger partial charge in [-0.15, -0.1) is 15.3 Å². The third kappa shape index (κ3) is 3.75. The minimum atomic E-state index is 0.137. The first-order chi connectivity index (χ1) is 12.3. The molecule has 0 atom stereocenters. The van der Waals surface area contributed by atoms with E-state index in [1.165, 1.54) is 25.7 Å². The number of fused-ring (bicyclic) bond motifs is 1. The minimum Gasteiger partial charge on any atom is -0.355 e. The Morgan fingerprint density at radius 1 is 1.04 bits per heavy atom. The first kappa shape index (κ1) is 16.3. The number of nitrogens with zero attached hydrogens (tertiary/aromatic N) is 5. The highest BCUT2D eigenvalue weighted by molar-refractivity contribution is 5.79. The zero-order chi connectivity index (χ0) is 17.1. The van der Waals surface area contributed by atoms with E-state index in [0.29, 0.717) is 6.04 Å². The fraction of sp³-hybridized carbons (Fsp3) is 0.667. The van der Waals surface area contributed by atoms with E-state index in [1.54, 1.807) is 10.8 Å². The normalized spacial score (nSPS) is 20.6. The lowest BCUT2D eigenvalue weighted by Crippen LogP contribution is -2.44. The van der Waals surface area contributed by atoms with Gasteiger partial charge in [0.1, 0.15) is 12.1 Å². The average molecular weight is 342 g/mol. The molecule has 3 heterocycles. The average Bonchev–Trinajstić information content (AvgIpc) is 2.97. The fourth-order valence-electron chi connectivity index (χ4n) is 4.00. The molecule has 1 saturated heterocycles. The molecule has 134 valence electrons. The topological polar surface area (TPSA) is 75.4 Å².